The third-order valence-electron chi connectivity index (χ3n) is 5.35. The number of nitrogens with one attached hydrogen (secondary N) is 1. The normalized spacial score (nSPS) is 21.4. The van der Waals surface area contributed by atoms with Crippen molar-refractivity contribution in [3.63, 3.8) is 0 Å². The van der Waals surface area contributed by atoms with E-state index in [0.717, 1.165) is 31.5 Å². The number of benzene rings is 1. The summed E-state index contributed by atoms with van der Waals surface area (Å²) in [5, 5.41) is 0. The lowest BCUT2D eigenvalue weighted by atomic mass is 10.2. The molecule has 1 amide bonds. The van der Waals surface area contributed by atoms with Crippen LogP contribution >= 0.6 is 0 Å². The Balaban J connectivity index is 1.55. The molecule has 2 saturated heterocycles. The summed E-state index contributed by atoms with van der Waals surface area (Å²) in [6, 6.07) is 9.21. The molecule has 2 aliphatic rings. The fraction of sp³-hybridized carbons (Fsp3) is 0.611. The van der Waals surface area contributed by atoms with Crippen LogP contribution in [-0.4, -0.2) is 68.8 Å². The van der Waals surface area contributed by atoms with Gasteiger partial charge in [0.05, 0.1) is 31.9 Å². The summed E-state index contributed by atoms with van der Waals surface area (Å²) in [6.07, 6.45) is 2.19. The summed E-state index contributed by atoms with van der Waals surface area (Å²) >= 11 is 0. The third kappa shape index (κ3) is 4.40. The van der Waals surface area contributed by atoms with E-state index in [1.807, 2.05) is 42.2 Å². The lowest BCUT2D eigenvalue weighted by Crippen LogP contribution is -3.19. The Bertz CT molecular complexity index is 679. The van der Waals surface area contributed by atoms with Crippen molar-refractivity contribution in [3.8, 4) is 0 Å². The maximum Gasteiger partial charge on any atom is 0.280 e. The van der Waals surface area contributed by atoms with E-state index in [0.29, 0.717) is 26.2 Å². The molecule has 0 aromatic heterocycles. The maximum absolute atomic E-state index is 12.6. The predicted octanol–water partition coefficient (Wildman–Crippen LogP) is -0.272. The SMILES string of the molecule is C[C@H](C(=O)N1CCCC1)[NH+]1CCN(S(=O)(=O)Cc2ccccc2)CC1. The van der Waals surface area contributed by atoms with Gasteiger partial charge in [0.15, 0.2) is 6.04 Å². The minimum Gasteiger partial charge on any atom is -0.338 e. The Hall–Kier alpha value is -1.44. The number of likely N-dealkylation sites (tertiary alicyclic amines) is 1. The molecule has 3 rings (SSSR count). The second kappa shape index (κ2) is 7.85. The highest BCUT2D eigenvalue weighted by molar-refractivity contribution is 7.88. The van der Waals surface area contributed by atoms with Gasteiger partial charge in [0.2, 0.25) is 10.0 Å². The molecule has 138 valence electrons. The zero-order chi connectivity index (χ0) is 17.9. The van der Waals surface area contributed by atoms with E-state index in [4.69, 9.17) is 0 Å². The van der Waals surface area contributed by atoms with Gasteiger partial charge in [-0.05, 0) is 25.3 Å². The lowest BCUT2D eigenvalue weighted by Gasteiger charge is -2.35. The van der Waals surface area contributed by atoms with E-state index in [9.17, 15) is 13.2 Å². The average Bonchev–Trinajstić information content (AvgIpc) is 3.16. The van der Waals surface area contributed by atoms with Gasteiger partial charge in [-0.25, -0.2) is 8.42 Å². The van der Waals surface area contributed by atoms with Crippen LogP contribution in [-0.2, 0) is 20.6 Å². The molecule has 0 spiro atoms. The van der Waals surface area contributed by atoms with Crippen molar-refractivity contribution in [2.24, 2.45) is 0 Å². The fourth-order valence-corrected chi connectivity index (χ4v) is 5.28. The van der Waals surface area contributed by atoms with E-state index in [1.165, 1.54) is 4.90 Å². The van der Waals surface area contributed by atoms with Crippen LogP contribution in [0.1, 0.15) is 25.3 Å². The van der Waals surface area contributed by atoms with Crippen LogP contribution in [0.3, 0.4) is 0 Å². The van der Waals surface area contributed by atoms with Gasteiger partial charge in [-0.3, -0.25) is 4.79 Å². The van der Waals surface area contributed by atoms with Crippen LogP contribution in [0.15, 0.2) is 30.3 Å². The molecule has 1 N–H and O–H groups in total. The summed E-state index contributed by atoms with van der Waals surface area (Å²) in [5.41, 5.74) is 0.815. The van der Waals surface area contributed by atoms with Crippen molar-refractivity contribution in [1.29, 1.82) is 0 Å². The second-order valence-corrected chi connectivity index (χ2v) is 9.02. The number of nitrogens with zero attached hydrogens (tertiary/aromatic N) is 2. The maximum atomic E-state index is 12.6. The minimum atomic E-state index is -3.30. The predicted molar refractivity (Wildman–Crippen MR) is 96.6 cm³/mol. The Morgan fingerprint density at radius 1 is 1.08 bits per heavy atom. The molecule has 2 aliphatic heterocycles. The summed E-state index contributed by atoms with van der Waals surface area (Å²) in [4.78, 5) is 15.7. The van der Waals surface area contributed by atoms with Gasteiger partial charge >= 0.3 is 0 Å². The lowest BCUT2D eigenvalue weighted by molar-refractivity contribution is -0.918. The molecular weight excluding hydrogens is 338 g/mol. The first-order valence-electron chi connectivity index (χ1n) is 9.12. The first-order chi connectivity index (χ1) is 12.0. The third-order valence-corrected chi connectivity index (χ3v) is 7.20. The van der Waals surface area contributed by atoms with E-state index in [-0.39, 0.29) is 17.7 Å². The topological polar surface area (TPSA) is 62.1 Å². The van der Waals surface area contributed by atoms with Crippen LogP contribution in [0.5, 0.6) is 0 Å². The highest BCUT2D eigenvalue weighted by Crippen LogP contribution is 2.11. The van der Waals surface area contributed by atoms with E-state index < -0.39 is 10.0 Å². The van der Waals surface area contributed by atoms with E-state index >= 15 is 0 Å². The molecule has 1 atom stereocenters. The van der Waals surface area contributed by atoms with Crippen LogP contribution < -0.4 is 4.90 Å². The summed E-state index contributed by atoms with van der Waals surface area (Å²) in [7, 11) is -3.30. The standard InChI is InChI=1S/C18H27N3O3S/c1-16(18(22)20-9-5-6-10-20)19-11-13-21(14-12-19)25(23,24)15-17-7-3-2-4-8-17/h2-4,7-8,16H,5-6,9-15H2,1H3/p+1/t16-/m1/s1. The summed E-state index contributed by atoms with van der Waals surface area (Å²) < 4.78 is 26.8. The first-order valence-corrected chi connectivity index (χ1v) is 10.7. The Labute approximate surface area is 150 Å². The van der Waals surface area contributed by atoms with Crippen LogP contribution in [0.4, 0.5) is 0 Å². The van der Waals surface area contributed by atoms with Crippen LogP contribution in [0.25, 0.3) is 0 Å². The number of hydrogen-bond donors (Lipinski definition) is 1. The van der Waals surface area contributed by atoms with Gasteiger partial charge < -0.3 is 9.80 Å². The number of quaternary nitrogens is 1. The van der Waals surface area contributed by atoms with Gasteiger partial charge in [-0.1, -0.05) is 30.3 Å². The largest absolute Gasteiger partial charge is 0.338 e. The monoisotopic (exact) mass is 366 g/mol. The van der Waals surface area contributed by atoms with Crippen molar-refractivity contribution >= 4 is 15.9 Å². The number of carbonyl (C=O) groups excluding carboxylic acids is 1. The van der Waals surface area contributed by atoms with Crippen molar-refractivity contribution in [2.45, 2.75) is 31.6 Å². The molecule has 1 aromatic rings. The Morgan fingerprint density at radius 3 is 2.28 bits per heavy atom. The molecule has 1 aromatic carbocycles. The molecular formula is C18H28N3O3S+. The number of amides is 1. The highest BCUT2D eigenvalue weighted by Gasteiger charge is 2.35. The minimum absolute atomic E-state index is 0.0471. The molecule has 7 heteroatoms. The zero-order valence-corrected chi connectivity index (χ0v) is 15.7. The molecule has 0 bridgehead atoms. The molecule has 2 heterocycles. The number of piperazine rings is 1. The zero-order valence-electron chi connectivity index (χ0n) is 14.9. The van der Waals surface area contributed by atoms with Crippen molar-refractivity contribution < 1.29 is 18.1 Å². The Kier molecular flexibility index (Phi) is 5.76. The molecule has 0 radical (unpaired) electrons. The van der Waals surface area contributed by atoms with Crippen LogP contribution in [0, 0.1) is 0 Å². The first kappa shape index (κ1) is 18.4. The summed E-state index contributed by atoms with van der Waals surface area (Å²) in [5.74, 6) is 0.263. The van der Waals surface area contributed by atoms with Crippen molar-refractivity contribution in [3.05, 3.63) is 35.9 Å². The highest BCUT2D eigenvalue weighted by atomic mass is 32.2. The quantitative estimate of drug-likeness (QED) is 0.780. The molecule has 0 unspecified atom stereocenters. The van der Waals surface area contributed by atoms with Gasteiger partial charge in [0.1, 0.15) is 0 Å². The van der Waals surface area contributed by atoms with Crippen molar-refractivity contribution in [2.75, 3.05) is 39.3 Å². The molecule has 0 saturated carbocycles. The van der Waals surface area contributed by atoms with Gasteiger partial charge in [-0.2, -0.15) is 4.31 Å². The molecule has 2 fully saturated rings. The molecule has 6 nitrogen and oxygen atoms in total. The molecule has 0 aliphatic carbocycles. The smallest absolute Gasteiger partial charge is 0.280 e. The van der Waals surface area contributed by atoms with Gasteiger partial charge in [0.25, 0.3) is 5.91 Å². The number of carbonyl (C=O) groups is 1. The van der Waals surface area contributed by atoms with E-state index in [2.05, 4.69) is 0 Å². The number of rotatable bonds is 5. The van der Waals surface area contributed by atoms with Crippen LogP contribution in [0.2, 0.25) is 0 Å². The number of hydrogen-bond acceptors (Lipinski definition) is 3. The number of sulfonamides is 1. The van der Waals surface area contributed by atoms with Gasteiger partial charge in [0, 0.05) is 13.1 Å². The average molecular weight is 367 g/mol. The van der Waals surface area contributed by atoms with Gasteiger partial charge in [-0.15, -0.1) is 0 Å². The Morgan fingerprint density at radius 2 is 1.68 bits per heavy atom. The fourth-order valence-electron chi connectivity index (χ4n) is 3.75. The summed E-state index contributed by atoms with van der Waals surface area (Å²) in [6.45, 7) is 6.07. The van der Waals surface area contributed by atoms with E-state index in [1.54, 1.807) is 4.31 Å². The molecule has 25 heavy (non-hydrogen) atoms. The van der Waals surface area contributed by atoms with Crippen molar-refractivity contribution in [1.82, 2.24) is 9.21 Å². The second-order valence-electron chi connectivity index (χ2n) is 7.05.